The van der Waals surface area contributed by atoms with Gasteiger partial charge in [-0.3, -0.25) is 0 Å². The second-order valence-corrected chi connectivity index (χ2v) is 5.31. The Kier molecular flexibility index (Phi) is 3.42. The Bertz CT molecular complexity index is 456. The first-order valence-electron chi connectivity index (χ1n) is 5.44. The molecule has 1 atom stereocenters. The number of hydrogen-bond acceptors (Lipinski definition) is 2. The van der Waals surface area contributed by atoms with Crippen LogP contribution in [0.5, 0.6) is 0 Å². The number of aliphatic hydroxyl groups excluding tert-OH is 1. The zero-order chi connectivity index (χ0) is 11.5. The van der Waals surface area contributed by atoms with E-state index in [1.807, 2.05) is 5.38 Å². The van der Waals surface area contributed by atoms with Gasteiger partial charge in [-0.25, -0.2) is 0 Å². The van der Waals surface area contributed by atoms with Crippen LogP contribution in [-0.4, -0.2) is 5.11 Å². The van der Waals surface area contributed by atoms with Crippen LogP contribution in [0.15, 0.2) is 35.7 Å². The van der Waals surface area contributed by atoms with Crippen LogP contribution >= 0.6 is 11.3 Å². The van der Waals surface area contributed by atoms with Gasteiger partial charge in [0.05, 0.1) is 6.10 Å². The van der Waals surface area contributed by atoms with Gasteiger partial charge in [-0.05, 0) is 36.4 Å². The molecule has 1 nitrogen and oxygen atoms in total. The average molecular weight is 232 g/mol. The molecule has 1 heterocycles. The zero-order valence-corrected chi connectivity index (χ0v) is 10.4. The highest BCUT2D eigenvalue weighted by atomic mass is 32.1. The van der Waals surface area contributed by atoms with Gasteiger partial charge in [0, 0.05) is 11.3 Å². The van der Waals surface area contributed by atoms with Crippen molar-refractivity contribution >= 4 is 11.3 Å². The van der Waals surface area contributed by atoms with Gasteiger partial charge in [-0.2, -0.15) is 0 Å². The molecule has 0 saturated carbocycles. The van der Waals surface area contributed by atoms with Crippen LogP contribution in [0.25, 0.3) is 0 Å². The first kappa shape index (κ1) is 11.4. The summed E-state index contributed by atoms with van der Waals surface area (Å²) in [6, 6.07) is 10.4. The van der Waals surface area contributed by atoms with Gasteiger partial charge in [0.2, 0.25) is 0 Å². The summed E-state index contributed by atoms with van der Waals surface area (Å²) in [6.45, 7) is 4.13. The molecule has 1 aromatic carbocycles. The smallest absolute Gasteiger partial charge is 0.0838 e. The SMILES string of the molecule is Cc1ccc(CC(O)c2csc(C)c2)cc1. The minimum atomic E-state index is -0.382. The van der Waals surface area contributed by atoms with Crippen LogP contribution in [0, 0.1) is 13.8 Å². The van der Waals surface area contributed by atoms with E-state index in [0.29, 0.717) is 6.42 Å². The van der Waals surface area contributed by atoms with Gasteiger partial charge >= 0.3 is 0 Å². The van der Waals surface area contributed by atoms with Crippen LogP contribution < -0.4 is 0 Å². The first-order chi connectivity index (χ1) is 7.65. The normalized spacial score (nSPS) is 12.7. The maximum Gasteiger partial charge on any atom is 0.0838 e. The minimum Gasteiger partial charge on any atom is -0.388 e. The van der Waals surface area contributed by atoms with Crippen LogP contribution in [0.3, 0.4) is 0 Å². The van der Waals surface area contributed by atoms with E-state index in [4.69, 9.17) is 0 Å². The van der Waals surface area contributed by atoms with Crippen molar-refractivity contribution in [1.82, 2.24) is 0 Å². The predicted molar refractivity (Wildman–Crippen MR) is 68.9 cm³/mol. The van der Waals surface area contributed by atoms with E-state index in [9.17, 15) is 5.11 Å². The lowest BCUT2D eigenvalue weighted by atomic mass is 10.0. The Morgan fingerprint density at radius 3 is 2.44 bits per heavy atom. The van der Waals surface area contributed by atoms with Crippen molar-refractivity contribution in [2.45, 2.75) is 26.4 Å². The summed E-state index contributed by atoms with van der Waals surface area (Å²) in [6.07, 6.45) is 0.309. The molecule has 2 heteroatoms. The third-order valence-electron chi connectivity index (χ3n) is 2.69. The van der Waals surface area contributed by atoms with Crippen molar-refractivity contribution in [2.75, 3.05) is 0 Å². The Morgan fingerprint density at radius 2 is 1.88 bits per heavy atom. The van der Waals surface area contributed by atoms with Gasteiger partial charge in [-0.1, -0.05) is 29.8 Å². The molecule has 0 fully saturated rings. The second-order valence-electron chi connectivity index (χ2n) is 4.20. The number of rotatable bonds is 3. The van der Waals surface area contributed by atoms with Crippen LogP contribution in [0.1, 0.15) is 27.7 Å². The Morgan fingerprint density at radius 1 is 1.19 bits per heavy atom. The molecule has 0 aliphatic rings. The topological polar surface area (TPSA) is 20.2 Å². The highest BCUT2D eigenvalue weighted by Gasteiger charge is 2.09. The van der Waals surface area contributed by atoms with Crippen LogP contribution in [0.4, 0.5) is 0 Å². The fraction of sp³-hybridized carbons (Fsp3) is 0.286. The summed E-state index contributed by atoms with van der Waals surface area (Å²) >= 11 is 1.69. The van der Waals surface area contributed by atoms with Crippen LogP contribution in [-0.2, 0) is 6.42 Å². The van der Waals surface area contributed by atoms with E-state index in [-0.39, 0.29) is 6.10 Å². The summed E-state index contributed by atoms with van der Waals surface area (Å²) in [4.78, 5) is 1.25. The van der Waals surface area contributed by atoms with E-state index in [1.54, 1.807) is 11.3 Å². The van der Waals surface area contributed by atoms with Crippen molar-refractivity contribution in [2.24, 2.45) is 0 Å². The molecule has 0 bridgehead atoms. The standard InChI is InChI=1S/C14H16OS/c1-10-3-5-12(6-4-10)8-14(15)13-7-11(2)16-9-13/h3-7,9,14-15H,8H2,1-2H3. The molecule has 1 N–H and O–H groups in total. The Balaban J connectivity index is 2.07. The molecule has 84 valence electrons. The maximum atomic E-state index is 10.1. The highest BCUT2D eigenvalue weighted by molar-refractivity contribution is 7.10. The molecule has 2 rings (SSSR count). The molecule has 0 aliphatic carbocycles. The van der Waals surface area contributed by atoms with E-state index in [0.717, 1.165) is 5.56 Å². The van der Waals surface area contributed by atoms with E-state index >= 15 is 0 Å². The Labute approximate surface area is 100 Å². The number of benzene rings is 1. The quantitative estimate of drug-likeness (QED) is 0.856. The second kappa shape index (κ2) is 4.81. The summed E-state index contributed by atoms with van der Waals surface area (Å²) in [5.74, 6) is 0. The van der Waals surface area contributed by atoms with Gasteiger partial charge < -0.3 is 5.11 Å². The van der Waals surface area contributed by atoms with E-state index < -0.39 is 0 Å². The molecular weight excluding hydrogens is 216 g/mol. The number of aryl methyl sites for hydroxylation is 2. The molecule has 0 amide bonds. The molecule has 0 saturated heterocycles. The zero-order valence-electron chi connectivity index (χ0n) is 9.60. The van der Waals surface area contributed by atoms with E-state index in [1.165, 1.54) is 16.0 Å². The largest absolute Gasteiger partial charge is 0.388 e. The molecule has 16 heavy (non-hydrogen) atoms. The minimum absolute atomic E-state index is 0.382. The molecule has 0 aliphatic heterocycles. The van der Waals surface area contributed by atoms with Crippen molar-refractivity contribution in [3.05, 3.63) is 57.3 Å². The predicted octanol–water partition coefficient (Wildman–Crippen LogP) is 3.64. The molecule has 2 aromatic rings. The van der Waals surface area contributed by atoms with Gasteiger partial charge in [0.25, 0.3) is 0 Å². The lowest BCUT2D eigenvalue weighted by molar-refractivity contribution is 0.179. The third kappa shape index (κ3) is 2.71. The molecular formula is C14H16OS. The number of hydrogen-bond donors (Lipinski definition) is 1. The summed E-state index contributed by atoms with van der Waals surface area (Å²) in [5.41, 5.74) is 3.47. The van der Waals surface area contributed by atoms with Gasteiger partial charge in [0.1, 0.15) is 0 Å². The van der Waals surface area contributed by atoms with Crippen LogP contribution in [0.2, 0.25) is 0 Å². The fourth-order valence-corrected chi connectivity index (χ4v) is 2.45. The van der Waals surface area contributed by atoms with Crippen molar-refractivity contribution in [1.29, 1.82) is 0 Å². The number of aliphatic hydroxyl groups is 1. The maximum absolute atomic E-state index is 10.1. The van der Waals surface area contributed by atoms with E-state index in [2.05, 4.69) is 44.2 Å². The molecule has 0 radical (unpaired) electrons. The monoisotopic (exact) mass is 232 g/mol. The molecule has 1 aromatic heterocycles. The van der Waals surface area contributed by atoms with Crippen molar-refractivity contribution in [3.63, 3.8) is 0 Å². The number of thiophene rings is 1. The summed E-state index contributed by atoms with van der Waals surface area (Å²) in [7, 11) is 0. The third-order valence-corrected chi connectivity index (χ3v) is 3.56. The van der Waals surface area contributed by atoms with Crippen molar-refractivity contribution in [3.8, 4) is 0 Å². The Hall–Kier alpha value is -1.12. The molecule has 0 spiro atoms. The highest BCUT2D eigenvalue weighted by Crippen LogP contribution is 2.23. The molecule has 1 unspecified atom stereocenters. The van der Waals surface area contributed by atoms with Gasteiger partial charge in [-0.15, -0.1) is 11.3 Å². The first-order valence-corrected chi connectivity index (χ1v) is 6.32. The summed E-state index contributed by atoms with van der Waals surface area (Å²) in [5, 5.41) is 12.1. The fourth-order valence-electron chi connectivity index (χ4n) is 1.70. The van der Waals surface area contributed by atoms with Crippen molar-refractivity contribution < 1.29 is 5.11 Å². The average Bonchev–Trinajstić information content (AvgIpc) is 2.68. The lowest BCUT2D eigenvalue weighted by Gasteiger charge is -2.09. The summed E-state index contributed by atoms with van der Waals surface area (Å²) < 4.78 is 0. The van der Waals surface area contributed by atoms with Gasteiger partial charge in [0.15, 0.2) is 0 Å². The lowest BCUT2D eigenvalue weighted by Crippen LogP contribution is -2.00.